The van der Waals surface area contributed by atoms with E-state index in [4.69, 9.17) is 0 Å². The Bertz CT molecular complexity index is 1150. The first-order chi connectivity index (χ1) is 18.0. The molecule has 0 saturated carbocycles. The second-order valence-electron chi connectivity index (χ2n) is 10.7. The van der Waals surface area contributed by atoms with Crippen LogP contribution in [0.4, 0.5) is 0 Å². The van der Waals surface area contributed by atoms with Crippen molar-refractivity contribution in [3.05, 3.63) is 130 Å². The monoisotopic (exact) mass is 512 g/mol. The summed E-state index contributed by atoms with van der Waals surface area (Å²) in [5.74, 6) is -0.312. The van der Waals surface area contributed by atoms with Gasteiger partial charge in [-0.1, -0.05) is 133 Å². The highest BCUT2D eigenvalue weighted by atomic mass is 16.5. The number of carbonyl (C=O) groups is 1. The quantitative estimate of drug-likeness (QED) is 0.156. The van der Waals surface area contributed by atoms with Crippen molar-refractivity contribution in [1.82, 2.24) is 0 Å². The van der Waals surface area contributed by atoms with Crippen molar-refractivity contribution >= 4 is 5.97 Å². The van der Waals surface area contributed by atoms with Crippen molar-refractivity contribution in [2.75, 3.05) is 7.11 Å². The van der Waals surface area contributed by atoms with E-state index >= 15 is 0 Å². The van der Waals surface area contributed by atoms with Gasteiger partial charge in [0.2, 0.25) is 0 Å². The minimum Gasteiger partial charge on any atom is -0.466 e. The van der Waals surface area contributed by atoms with Crippen molar-refractivity contribution < 1.29 is 9.53 Å². The summed E-state index contributed by atoms with van der Waals surface area (Å²) in [5.41, 5.74) is 8.59. The molecule has 0 aromatic carbocycles. The van der Waals surface area contributed by atoms with Crippen LogP contribution in [0, 0.1) is 5.41 Å². The third-order valence-corrected chi connectivity index (χ3v) is 6.53. The Morgan fingerprint density at radius 2 is 1.16 bits per heavy atom. The summed E-state index contributed by atoms with van der Waals surface area (Å²) < 4.78 is 4.68. The summed E-state index contributed by atoms with van der Waals surface area (Å²) >= 11 is 0. The van der Waals surface area contributed by atoms with Crippen LogP contribution < -0.4 is 0 Å². The van der Waals surface area contributed by atoms with Crippen LogP contribution in [0.5, 0.6) is 0 Å². The van der Waals surface area contributed by atoms with Crippen LogP contribution in [0.2, 0.25) is 0 Å². The molecule has 204 valence electrons. The van der Waals surface area contributed by atoms with E-state index in [-0.39, 0.29) is 11.4 Å². The number of ether oxygens (including phenoxy) is 1. The van der Waals surface area contributed by atoms with E-state index in [1.165, 1.54) is 48.7 Å². The number of esters is 1. The average molecular weight is 513 g/mol. The van der Waals surface area contributed by atoms with Gasteiger partial charge in [0.05, 0.1) is 7.11 Å². The van der Waals surface area contributed by atoms with Crippen molar-refractivity contribution in [3.63, 3.8) is 0 Å². The Labute approximate surface area is 232 Å². The average Bonchev–Trinajstić information content (AvgIpc) is 2.85. The topological polar surface area (TPSA) is 26.3 Å². The van der Waals surface area contributed by atoms with E-state index in [1.807, 2.05) is 31.2 Å². The Balaban J connectivity index is 2.62. The van der Waals surface area contributed by atoms with Crippen molar-refractivity contribution in [3.8, 4) is 0 Å². The lowest BCUT2D eigenvalue weighted by atomic mass is 9.72. The normalized spacial score (nSPS) is 18.8. The summed E-state index contributed by atoms with van der Waals surface area (Å²) in [5, 5.41) is 0. The van der Waals surface area contributed by atoms with Gasteiger partial charge >= 0.3 is 5.97 Å². The van der Waals surface area contributed by atoms with Crippen LogP contribution in [-0.2, 0) is 9.53 Å². The smallest absolute Gasteiger partial charge is 0.333 e. The minimum absolute atomic E-state index is 0.279. The van der Waals surface area contributed by atoms with Gasteiger partial charge in [-0.25, -0.2) is 4.79 Å². The molecule has 1 rings (SSSR count). The second kappa shape index (κ2) is 17.2. The minimum atomic E-state index is -0.312. The first-order valence-electron chi connectivity index (χ1n) is 13.5. The predicted molar refractivity (Wildman–Crippen MR) is 167 cm³/mol. The van der Waals surface area contributed by atoms with Gasteiger partial charge in [-0.05, 0) is 71.8 Å². The van der Waals surface area contributed by atoms with E-state index in [0.29, 0.717) is 5.57 Å². The Morgan fingerprint density at radius 1 is 0.711 bits per heavy atom. The highest BCUT2D eigenvalue weighted by Crippen LogP contribution is 2.40. The zero-order chi connectivity index (χ0) is 28.6. The molecule has 1 aliphatic carbocycles. The molecule has 0 amide bonds. The van der Waals surface area contributed by atoms with Gasteiger partial charge in [-0.3, -0.25) is 0 Å². The van der Waals surface area contributed by atoms with Crippen LogP contribution in [0.25, 0.3) is 0 Å². The molecule has 0 saturated heterocycles. The highest BCUT2D eigenvalue weighted by Gasteiger charge is 2.26. The van der Waals surface area contributed by atoms with Gasteiger partial charge in [0.25, 0.3) is 0 Å². The summed E-state index contributed by atoms with van der Waals surface area (Å²) in [7, 11) is 1.38. The van der Waals surface area contributed by atoms with Gasteiger partial charge < -0.3 is 4.74 Å². The first kappa shape index (κ1) is 32.6. The molecule has 38 heavy (non-hydrogen) atoms. The summed E-state index contributed by atoms with van der Waals surface area (Å²) in [6.07, 6.45) is 34.8. The fourth-order valence-electron chi connectivity index (χ4n) is 4.14. The molecule has 2 nitrogen and oxygen atoms in total. The summed E-state index contributed by atoms with van der Waals surface area (Å²) in [6, 6.07) is 0. The number of hydrogen-bond acceptors (Lipinski definition) is 2. The number of rotatable bonds is 11. The molecule has 0 aromatic rings. The molecule has 0 bridgehead atoms. The van der Waals surface area contributed by atoms with Gasteiger partial charge in [0, 0.05) is 5.57 Å². The molecule has 0 aromatic heterocycles. The third-order valence-electron chi connectivity index (χ3n) is 6.53. The van der Waals surface area contributed by atoms with Gasteiger partial charge in [0.15, 0.2) is 0 Å². The van der Waals surface area contributed by atoms with Gasteiger partial charge in [-0.15, -0.1) is 0 Å². The summed E-state index contributed by atoms with van der Waals surface area (Å²) in [4.78, 5) is 11.4. The van der Waals surface area contributed by atoms with Crippen molar-refractivity contribution in [2.24, 2.45) is 5.41 Å². The molecule has 0 unspecified atom stereocenters. The number of hydrogen-bond donors (Lipinski definition) is 0. The molecule has 2 heteroatoms. The molecule has 0 aliphatic heterocycles. The first-order valence-corrected chi connectivity index (χ1v) is 13.5. The van der Waals surface area contributed by atoms with Crippen LogP contribution in [0.15, 0.2) is 130 Å². The van der Waals surface area contributed by atoms with E-state index in [1.54, 1.807) is 13.0 Å². The van der Waals surface area contributed by atoms with Crippen molar-refractivity contribution in [1.29, 1.82) is 0 Å². The lowest BCUT2D eigenvalue weighted by Gasteiger charge is -2.32. The summed E-state index contributed by atoms with van der Waals surface area (Å²) in [6.45, 7) is 17.1. The van der Waals surface area contributed by atoms with E-state index in [9.17, 15) is 4.79 Å². The van der Waals surface area contributed by atoms with Crippen LogP contribution in [-0.4, -0.2) is 13.1 Å². The molecule has 0 N–H and O–H groups in total. The predicted octanol–water partition coefficient (Wildman–Crippen LogP) is 10.2. The van der Waals surface area contributed by atoms with Gasteiger partial charge in [0.1, 0.15) is 0 Å². The maximum absolute atomic E-state index is 11.4. The highest BCUT2D eigenvalue weighted by molar-refractivity contribution is 5.87. The molecule has 0 fully saturated rings. The number of allylic oxidation sites excluding steroid dienone is 21. The Hall–Kier alpha value is -3.39. The lowest BCUT2D eigenvalue weighted by molar-refractivity contribution is -0.136. The third kappa shape index (κ3) is 13.2. The zero-order valence-corrected chi connectivity index (χ0v) is 25.1. The largest absolute Gasteiger partial charge is 0.466 e. The number of carbonyl (C=O) groups excluding carboxylic acids is 1. The fraction of sp³-hybridized carbons (Fsp3) is 0.361. The van der Waals surface area contributed by atoms with Gasteiger partial charge in [-0.2, -0.15) is 0 Å². The van der Waals surface area contributed by atoms with Crippen LogP contribution >= 0.6 is 0 Å². The van der Waals surface area contributed by atoms with Crippen molar-refractivity contribution in [2.45, 2.75) is 74.7 Å². The van der Waals surface area contributed by atoms with Crippen LogP contribution in [0.1, 0.15) is 74.7 Å². The molecule has 0 spiro atoms. The standard InChI is InChI=1S/C36H48O2/c1-28(18-12-20-30(3)22-14-23-33(6)35(37)38-9)16-10-11-17-29(2)19-13-21-31(4)25-26-34-32(5)24-15-27-36(34,7)8/h10-14,16-23,25-26H,15,24,27H2,1-9H3/b11-10+,18-12+,19-13+,22-14+,26-25+,28-16+,29-17+,30-20+,31-21+,33-23+. The molecular weight excluding hydrogens is 464 g/mol. The molecule has 0 atom stereocenters. The fourth-order valence-corrected chi connectivity index (χ4v) is 4.14. The number of methoxy groups -OCH3 is 1. The maximum Gasteiger partial charge on any atom is 0.333 e. The maximum atomic E-state index is 11.4. The van der Waals surface area contributed by atoms with E-state index in [0.717, 1.165) is 11.1 Å². The Kier molecular flexibility index (Phi) is 14.8. The SMILES string of the molecule is COC(=O)/C(C)=C/C=C/C(C)=C/C=C/C(C)=C/C=C/C=C(C)/C=C/C=C(C)/C=C/C1=C(C)CCCC1(C)C. The van der Waals surface area contributed by atoms with E-state index in [2.05, 4.69) is 107 Å². The Morgan fingerprint density at radius 3 is 1.63 bits per heavy atom. The zero-order valence-electron chi connectivity index (χ0n) is 25.1. The molecule has 1 aliphatic rings. The van der Waals surface area contributed by atoms with Crippen LogP contribution in [0.3, 0.4) is 0 Å². The molecule has 0 heterocycles. The lowest BCUT2D eigenvalue weighted by Crippen LogP contribution is -2.19. The molecule has 0 radical (unpaired) electrons. The molecular formula is C36H48O2. The van der Waals surface area contributed by atoms with E-state index < -0.39 is 0 Å². The second-order valence-corrected chi connectivity index (χ2v) is 10.7.